The highest BCUT2D eigenvalue weighted by Gasteiger charge is 2.47. The zero-order valence-corrected chi connectivity index (χ0v) is 26.6. The van der Waals surface area contributed by atoms with Crippen molar-refractivity contribution in [2.45, 2.75) is 85.2 Å². The van der Waals surface area contributed by atoms with Gasteiger partial charge in [0.1, 0.15) is 12.4 Å². The first-order chi connectivity index (χ1) is 20.3. The van der Waals surface area contributed by atoms with Gasteiger partial charge in [-0.15, -0.1) is 0 Å². The summed E-state index contributed by atoms with van der Waals surface area (Å²) in [5.41, 5.74) is 2.00. The van der Waals surface area contributed by atoms with Gasteiger partial charge < -0.3 is 29.7 Å². The summed E-state index contributed by atoms with van der Waals surface area (Å²) >= 11 is 0. The lowest BCUT2D eigenvalue weighted by molar-refractivity contribution is -0.138. The summed E-state index contributed by atoms with van der Waals surface area (Å²) < 4.78 is 17.4. The number of benzene rings is 1. The number of anilines is 1. The molecule has 3 aliphatic heterocycles. The van der Waals surface area contributed by atoms with E-state index in [1.54, 1.807) is 0 Å². The van der Waals surface area contributed by atoms with Gasteiger partial charge in [0.05, 0.1) is 18.6 Å². The molecule has 1 aromatic rings. The highest BCUT2D eigenvalue weighted by atomic mass is 16.5. The molecule has 0 aromatic heterocycles. The first kappa shape index (κ1) is 32.6. The van der Waals surface area contributed by atoms with Gasteiger partial charge in [-0.25, -0.2) is 0 Å². The molecule has 3 atom stereocenters. The predicted molar refractivity (Wildman–Crippen MR) is 166 cm³/mol. The zero-order valence-electron chi connectivity index (χ0n) is 26.6. The van der Waals surface area contributed by atoms with Crippen LogP contribution < -0.4 is 20.3 Å². The molecule has 42 heavy (non-hydrogen) atoms. The number of nitrogens with zero attached hydrogens (tertiary/aromatic N) is 2. The average molecular weight is 587 g/mol. The third-order valence-corrected chi connectivity index (χ3v) is 9.68. The van der Waals surface area contributed by atoms with E-state index in [9.17, 15) is 9.59 Å². The Labute approximate surface area is 253 Å². The van der Waals surface area contributed by atoms with E-state index in [1.807, 2.05) is 13.0 Å². The number of nitrogens with one attached hydrogen (secondary N) is 2. The highest BCUT2D eigenvalue weighted by Crippen LogP contribution is 2.40. The molecule has 4 rings (SSSR count). The van der Waals surface area contributed by atoms with Crippen molar-refractivity contribution in [2.24, 2.45) is 11.3 Å². The average Bonchev–Trinajstić information content (AvgIpc) is 2.99. The Kier molecular flexibility index (Phi) is 11.9. The van der Waals surface area contributed by atoms with Crippen molar-refractivity contribution in [3.05, 3.63) is 23.3 Å². The Balaban J connectivity index is 1.58. The van der Waals surface area contributed by atoms with E-state index in [1.165, 1.54) is 0 Å². The molecule has 3 saturated heterocycles. The summed E-state index contributed by atoms with van der Waals surface area (Å²) in [5, 5.41) is 6.39. The number of amides is 2. The molecule has 9 nitrogen and oxygen atoms in total. The smallest absolute Gasteiger partial charge is 0.251 e. The van der Waals surface area contributed by atoms with E-state index in [4.69, 9.17) is 14.2 Å². The fourth-order valence-corrected chi connectivity index (χ4v) is 6.96. The Hall–Kier alpha value is -2.36. The highest BCUT2D eigenvalue weighted by molar-refractivity contribution is 5.98. The van der Waals surface area contributed by atoms with Crippen LogP contribution in [-0.4, -0.2) is 94.6 Å². The fourth-order valence-electron chi connectivity index (χ4n) is 6.96. The number of unbranched alkanes of at least 4 members (excludes halogenated alkanes) is 1. The third kappa shape index (κ3) is 7.77. The summed E-state index contributed by atoms with van der Waals surface area (Å²) in [6.45, 7) is 17.9. The van der Waals surface area contributed by atoms with Crippen LogP contribution in [0.15, 0.2) is 12.1 Å². The molecule has 9 heteroatoms. The maximum absolute atomic E-state index is 14.0. The first-order valence-electron chi connectivity index (χ1n) is 16.3. The van der Waals surface area contributed by atoms with Crippen LogP contribution in [0.2, 0.25) is 0 Å². The van der Waals surface area contributed by atoms with Gasteiger partial charge >= 0.3 is 0 Å². The Morgan fingerprint density at radius 3 is 2.52 bits per heavy atom. The molecule has 0 bridgehead atoms. The van der Waals surface area contributed by atoms with Crippen molar-refractivity contribution in [3.8, 4) is 5.75 Å². The van der Waals surface area contributed by atoms with Crippen LogP contribution in [-0.2, 0) is 14.3 Å². The summed E-state index contributed by atoms with van der Waals surface area (Å²) in [7, 11) is 0. The molecule has 3 unspecified atom stereocenters. The minimum absolute atomic E-state index is 0.0665. The van der Waals surface area contributed by atoms with Crippen LogP contribution in [0, 0.1) is 18.3 Å². The van der Waals surface area contributed by atoms with Gasteiger partial charge in [-0.2, -0.15) is 0 Å². The van der Waals surface area contributed by atoms with Crippen LogP contribution in [0.25, 0.3) is 0 Å². The largest absolute Gasteiger partial charge is 0.492 e. The minimum atomic E-state index is -0.598. The van der Waals surface area contributed by atoms with Gasteiger partial charge in [0.15, 0.2) is 0 Å². The molecule has 3 heterocycles. The van der Waals surface area contributed by atoms with Gasteiger partial charge in [-0.05, 0) is 64.0 Å². The lowest BCUT2D eigenvalue weighted by Gasteiger charge is -2.44. The van der Waals surface area contributed by atoms with Crippen molar-refractivity contribution in [1.82, 2.24) is 15.5 Å². The quantitative estimate of drug-likeness (QED) is 0.359. The Bertz CT molecular complexity index is 1040. The molecular formula is C33H54N4O5. The standard InChI is InChI=1S/C33H54N4O5/c1-6-8-11-33(24(3)20-25(4)35-32(33)39)23-34-31(38)29-21-28(42-19-14-36-12-17-41-18-13-36)22-30(26(29)5)37(7-2)27-9-15-40-16-10-27/h21-22,24-25,27H,6-20,23H2,1-5H3,(H,34,38)(H,35,39). The lowest BCUT2D eigenvalue weighted by atomic mass is 9.67. The fraction of sp³-hybridized carbons (Fsp3) is 0.758. The van der Waals surface area contributed by atoms with Gasteiger partial charge in [0.25, 0.3) is 5.91 Å². The van der Waals surface area contributed by atoms with Crippen molar-refractivity contribution >= 4 is 17.5 Å². The SMILES string of the molecule is CCCCC1(CNC(=O)c2cc(OCCN3CCOCC3)cc(N(CC)C3CCOCC3)c2C)C(=O)NC(C)CC1C. The number of ether oxygens (including phenoxy) is 3. The molecule has 0 radical (unpaired) electrons. The van der Waals surface area contributed by atoms with Crippen molar-refractivity contribution in [2.75, 3.05) is 70.7 Å². The molecular weight excluding hydrogens is 532 g/mol. The number of piperidine rings is 1. The van der Waals surface area contributed by atoms with E-state index in [2.05, 4.69) is 54.2 Å². The molecule has 2 N–H and O–H groups in total. The van der Waals surface area contributed by atoms with Gasteiger partial charge in [-0.1, -0.05) is 26.7 Å². The van der Waals surface area contributed by atoms with Gasteiger partial charge in [0, 0.05) is 75.3 Å². The summed E-state index contributed by atoms with van der Waals surface area (Å²) in [5.74, 6) is 0.809. The molecule has 236 valence electrons. The number of rotatable bonds is 13. The van der Waals surface area contributed by atoms with Gasteiger partial charge in [-0.3, -0.25) is 14.5 Å². The second-order valence-corrected chi connectivity index (χ2v) is 12.5. The second-order valence-electron chi connectivity index (χ2n) is 12.5. The van der Waals surface area contributed by atoms with E-state index in [0.29, 0.717) is 30.5 Å². The van der Waals surface area contributed by atoms with Gasteiger partial charge in [0.2, 0.25) is 5.91 Å². The van der Waals surface area contributed by atoms with Crippen molar-refractivity contribution in [1.29, 1.82) is 0 Å². The normalized spacial score (nSPS) is 25.6. The number of morpholine rings is 1. The first-order valence-corrected chi connectivity index (χ1v) is 16.3. The van der Waals surface area contributed by atoms with Crippen LogP contribution in [0.3, 0.4) is 0 Å². The molecule has 0 aliphatic carbocycles. The Morgan fingerprint density at radius 2 is 1.86 bits per heavy atom. The number of hydrogen-bond donors (Lipinski definition) is 2. The summed E-state index contributed by atoms with van der Waals surface area (Å²) in [6.07, 6.45) is 5.57. The van der Waals surface area contributed by atoms with E-state index in [0.717, 1.165) is 102 Å². The molecule has 0 spiro atoms. The Morgan fingerprint density at radius 1 is 1.14 bits per heavy atom. The van der Waals surface area contributed by atoms with Crippen LogP contribution in [0.4, 0.5) is 5.69 Å². The minimum Gasteiger partial charge on any atom is -0.492 e. The van der Waals surface area contributed by atoms with E-state index < -0.39 is 5.41 Å². The number of hydrogen-bond acceptors (Lipinski definition) is 7. The molecule has 0 saturated carbocycles. The third-order valence-electron chi connectivity index (χ3n) is 9.68. The van der Waals surface area contributed by atoms with Crippen molar-refractivity contribution in [3.63, 3.8) is 0 Å². The maximum Gasteiger partial charge on any atom is 0.251 e. The molecule has 3 aliphatic rings. The summed E-state index contributed by atoms with van der Waals surface area (Å²) in [6, 6.07) is 4.49. The zero-order chi connectivity index (χ0) is 30.1. The maximum atomic E-state index is 14.0. The monoisotopic (exact) mass is 586 g/mol. The summed E-state index contributed by atoms with van der Waals surface area (Å²) in [4.78, 5) is 32.1. The number of carbonyl (C=O) groups is 2. The van der Waals surface area contributed by atoms with E-state index >= 15 is 0 Å². The van der Waals surface area contributed by atoms with Crippen molar-refractivity contribution < 1.29 is 23.8 Å². The van der Waals surface area contributed by atoms with Crippen LogP contribution in [0.1, 0.15) is 82.1 Å². The topological polar surface area (TPSA) is 92.4 Å². The van der Waals surface area contributed by atoms with E-state index in [-0.39, 0.29) is 23.8 Å². The van der Waals surface area contributed by atoms with Crippen LogP contribution >= 0.6 is 0 Å². The molecule has 1 aromatic carbocycles. The van der Waals surface area contributed by atoms with Crippen LogP contribution in [0.5, 0.6) is 5.75 Å². The number of carbonyl (C=O) groups excluding carboxylic acids is 2. The predicted octanol–water partition coefficient (Wildman–Crippen LogP) is 4.16. The second kappa shape index (κ2) is 15.4. The molecule has 2 amide bonds. The molecule has 3 fully saturated rings. The lowest BCUT2D eigenvalue weighted by Crippen LogP contribution is -2.58.